The summed E-state index contributed by atoms with van der Waals surface area (Å²) in [5, 5.41) is 0.490. The average molecular weight is 227 g/mol. The molecule has 3 nitrogen and oxygen atoms in total. The van der Waals surface area contributed by atoms with Crippen molar-refractivity contribution in [1.29, 1.82) is 0 Å². The van der Waals surface area contributed by atoms with E-state index in [0.717, 1.165) is 24.5 Å². The minimum atomic E-state index is 0.490. The molecule has 0 radical (unpaired) electrons. The van der Waals surface area contributed by atoms with E-state index in [9.17, 15) is 0 Å². The lowest BCUT2D eigenvalue weighted by molar-refractivity contribution is 0.288. The largest absolute Gasteiger partial charge is 0.477 e. The molecule has 1 aromatic rings. The van der Waals surface area contributed by atoms with Gasteiger partial charge >= 0.3 is 0 Å². The van der Waals surface area contributed by atoms with Gasteiger partial charge in [-0.3, -0.25) is 0 Å². The van der Waals surface area contributed by atoms with Crippen LogP contribution in [0.5, 0.6) is 5.88 Å². The summed E-state index contributed by atoms with van der Waals surface area (Å²) in [4.78, 5) is 8.30. The van der Waals surface area contributed by atoms with Crippen molar-refractivity contribution in [2.24, 2.45) is 5.92 Å². The number of hydrogen-bond donors (Lipinski definition) is 0. The number of aryl methyl sites for hydroxylation is 1. The Bertz CT molecular complexity index is 364. The maximum Gasteiger partial charge on any atom is 0.221 e. The van der Waals surface area contributed by atoms with Crippen molar-refractivity contribution in [1.82, 2.24) is 9.97 Å². The predicted molar refractivity (Wildman–Crippen MR) is 59.4 cm³/mol. The molecule has 0 unspecified atom stereocenters. The van der Waals surface area contributed by atoms with E-state index >= 15 is 0 Å². The molecule has 82 valence electrons. The molecular formula is C11H15ClN2O. The number of aromatic nitrogens is 2. The topological polar surface area (TPSA) is 35.0 Å². The van der Waals surface area contributed by atoms with Crippen LogP contribution in [0.1, 0.15) is 30.7 Å². The van der Waals surface area contributed by atoms with Crippen LogP contribution in [-0.4, -0.2) is 16.6 Å². The SMILES string of the molecule is Cc1nc(Cl)c(C)c(OCCC2CC2)n1. The molecule has 15 heavy (non-hydrogen) atoms. The van der Waals surface area contributed by atoms with Crippen molar-refractivity contribution in [2.75, 3.05) is 6.61 Å². The summed E-state index contributed by atoms with van der Waals surface area (Å²) in [5.41, 5.74) is 0.832. The lowest BCUT2D eigenvalue weighted by Gasteiger charge is -2.08. The quantitative estimate of drug-likeness (QED) is 0.741. The Morgan fingerprint density at radius 1 is 1.33 bits per heavy atom. The molecule has 1 heterocycles. The van der Waals surface area contributed by atoms with Crippen LogP contribution in [0.25, 0.3) is 0 Å². The Balaban J connectivity index is 1.98. The average Bonchev–Trinajstić information content (AvgIpc) is 2.97. The molecule has 0 aliphatic heterocycles. The van der Waals surface area contributed by atoms with E-state index in [0.29, 0.717) is 16.9 Å². The van der Waals surface area contributed by atoms with Gasteiger partial charge in [0, 0.05) is 5.56 Å². The number of hydrogen-bond acceptors (Lipinski definition) is 3. The van der Waals surface area contributed by atoms with Gasteiger partial charge in [0.1, 0.15) is 11.0 Å². The highest BCUT2D eigenvalue weighted by atomic mass is 35.5. The van der Waals surface area contributed by atoms with E-state index in [1.165, 1.54) is 12.8 Å². The molecule has 1 aromatic heterocycles. The summed E-state index contributed by atoms with van der Waals surface area (Å²) in [6.07, 6.45) is 3.83. The van der Waals surface area contributed by atoms with Gasteiger partial charge < -0.3 is 4.74 Å². The van der Waals surface area contributed by atoms with Gasteiger partial charge in [0.25, 0.3) is 0 Å². The third-order valence-corrected chi connectivity index (χ3v) is 2.98. The summed E-state index contributed by atoms with van der Waals surface area (Å²) < 4.78 is 5.61. The van der Waals surface area contributed by atoms with Crippen LogP contribution in [0, 0.1) is 19.8 Å². The number of halogens is 1. The van der Waals surface area contributed by atoms with Crippen molar-refractivity contribution in [3.05, 3.63) is 16.5 Å². The van der Waals surface area contributed by atoms with Gasteiger partial charge in [-0.15, -0.1) is 0 Å². The van der Waals surface area contributed by atoms with Gasteiger partial charge in [-0.25, -0.2) is 4.98 Å². The fraction of sp³-hybridized carbons (Fsp3) is 0.636. The van der Waals surface area contributed by atoms with Crippen LogP contribution < -0.4 is 4.74 Å². The van der Waals surface area contributed by atoms with Crippen LogP contribution in [0.2, 0.25) is 5.15 Å². The van der Waals surface area contributed by atoms with Crippen molar-refractivity contribution in [3.8, 4) is 5.88 Å². The fourth-order valence-corrected chi connectivity index (χ4v) is 1.64. The first-order valence-corrected chi connectivity index (χ1v) is 5.68. The van der Waals surface area contributed by atoms with Gasteiger partial charge in [-0.2, -0.15) is 4.98 Å². The van der Waals surface area contributed by atoms with Crippen LogP contribution in [0.3, 0.4) is 0 Å². The lowest BCUT2D eigenvalue weighted by atomic mass is 10.3. The highest BCUT2D eigenvalue weighted by molar-refractivity contribution is 6.30. The first kappa shape index (κ1) is 10.7. The van der Waals surface area contributed by atoms with Crippen molar-refractivity contribution < 1.29 is 4.74 Å². The highest BCUT2D eigenvalue weighted by Crippen LogP contribution is 2.32. The molecule has 1 saturated carbocycles. The van der Waals surface area contributed by atoms with Gasteiger partial charge in [0.15, 0.2) is 0 Å². The van der Waals surface area contributed by atoms with E-state index in [2.05, 4.69) is 9.97 Å². The first-order chi connectivity index (χ1) is 7.16. The molecule has 2 rings (SSSR count). The van der Waals surface area contributed by atoms with Crippen LogP contribution >= 0.6 is 11.6 Å². The Morgan fingerprint density at radius 3 is 2.73 bits per heavy atom. The number of ether oxygens (including phenoxy) is 1. The highest BCUT2D eigenvalue weighted by Gasteiger charge is 2.21. The van der Waals surface area contributed by atoms with Gasteiger partial charge in [0.2, 0.25) is 5.88 Å². The summed E-state index contributed by atoms with van der Waals surface area (Å²) in [6, 6.07) is 0. The first-order valence-electron chi connectivity index (χ1n) is 5.30. The molecule has 0 spiro atoms. The molecule has 0 atom stereocenters. The zero-order valence-electron chi connectivity index (χ0n) is 9.09. The van der Waals surface area contributed by atoms with E-state index in [-0.39, 0.29) is 0 Å². The molecule has 0 amide bonds. The monoisotopic (exact) mass is 226 g/mol. The predicted octanol–water partition coefficient (Wildman–Crippen LogP) is 2.93. The molecule has 0 aromatic carbocycles. The van der Waals surface area contributed by atoms with Crippen LogP contribution in [0.4, 0.5) is 0 Å². The van der Waals surface area contributed by atoms with Gasteiger partial charge in [-0.1, -0.05) is 24.4 Å². The number of nitrogens with zero attached hydrogens (tertiary/aromatic N) is 2. The Hall–Kier alpha value is -0.830. The Kier molecular flexibility index (Phi) is 3.10. The second-order valence-corrected chi connectivity index (χ2v) is 4.43. The molecular weight excluding hydrogens is 212 g/mol. The molecule has 0 saturated heterocycles. The van der Waals surface area contributed by atoms with E-state index in [1.807, 2.05) is 13.8 Å². The normalized spacial score (nSPS) is 15.4. The minimum absolute atomic E-state index is 0.490. The van der Waals surface area contributed by atoms with Gasteiger partial charge in [-0.05, 0) is 26.2 Å². The van der Waals surface area contributed by atoms with E-state index in [4.69, 9.17) is 16.3 Å². The number of rotatable bonds is 4. The Labute approximate surface area is 94.8 Å². The maximum atomic E-state index is 5.94. The third-order valence-electron chi connectivity index (χ3n) is 2.62. The summed E-state index contributed by atoms with van der Waals surface area (Å²) >= 11 is 5.94. The van der Waals surface area contributed by atoms with Crippen molar-refractivity contribution in [3.63, 3.8) is 0 Å². The smallest absolute Gasteiger partial charge is 0.221 e. The summed E-state index contributed by atoms with van der Waals surface area (Å²) in [5.74, 6) is 2.17. The molecule has 1 aliphatic rings. The van der Waals surface area contributed by atoms with Crippen LogP contribution in [0.15, 0.2) is 0 Å². The summed E-state index contributed by atoms with van der Waals surface area (Å²) in [7, 11) is 0. The fourth-order valence-electron chi connectivity index (χ4n) is 1.44. The molecule has 1 fully saturated rings. The summed E-state index contributed by atoms with van der Waals surface area (Å²) in [6.45, 7) is 4.44. The minimum Gasteiger partial charge on any atom is -0.477 e. The Morgan fingerprint density at radius 2 is 2.07 bits per heavy atom. The molecule has 4 heteroatoms. The third kappa shape index (κ3) is 2.81. The van der Waals surface area contributed by atoms with E-state index in [1.54, 1.807) is 0 Å². The zero-order valence-corrected chi connectivity index (χ0v) is 9.84. The van der Waals surface area contributed by atoms with E-state index < -0.39 is 0 Å². The zero-order chi connectivity index (χ0) is 10.8. The standard InChI is InChI=1S/C11H15ClN2O/c1-7-10(12)13-8(2)14-11(7)15-6-5-9-3-4-9/h9H,3-6H2,1-2H3. The lowest BCUT2D eigenvalue weighted by Crippen LogP contribution is -2.04. The van der Waals surface area contributed by atoms with Crippen molar-refractivity contribution in [2.45, 2.75) is 33.1 Å². The molecule has 0 N–H and O–H groups in total. The molecule has 1 aliphatic carbocycles. The molecule has 0 bridgehead atoms. The maximum absolute atomic E-state index is 5.94. The second kappa shape index (κ2) is 4.35. The second-order valence-electron chi connectivity index (χ2n) is 4.07. The van der Waals surface area contributed by atoms with Gasteiger partial charge in [0.05, 0.1) is 6.61 Å². The van der Waals surface area contributed by atoms with Crippen molar-refractivity contribution >= 4 is 11.6 Å². The van der Waals surface area contributed by atoms with Crippen LogP contribution in [-0.2, 0) is 0 Å².